The van der Waals surface area contributed by atoms with Crippen LogP contribution < -0.4 is 0 Å². The van der Waals surface area contributed by atoms with Crippen LogP contribution in [-0.4, -0.2) is 39.5 Å². The number of hydrogen-bond donors (Lipinski definition) is 0. The molecule has 2 rings (SSSR count). The number of halogens is 1. The molecule has 0 aromatic heterocycles. The Morgan fingerprint density at radius 1 is 1.35 bits per heavy atom. The van der Waals surface area contributed by atoms with E-state index in [1.165, 1.54) is 17.1 Å². The number of nitrogens with zero attached hydrogens (tertiary/aromatic N) is 1. The fraction of sp³-hybridized carbons (Fsp3) is 0.571. The molecule has 0 spiro atoms. The van der Waals surface area contributed by atoms with E-state index in [9.17, 15) is 8.42 Å². The molecule has 1 fully saturated rings. The molecule has 0 saturated heterocycles. The van der Waals surface area contributed by atoms with Gasteiger partial charge in [-0.15, -0.1) is 11.6 Å². The van der Waals surface area contributed by atoms with E-state index < -0.39 is 10.0 Å². The summed E-state index contributed by atoms with van der Waals surface area (Å²) in [7, 11) is -1.93. The van der Waals surface area contributed by atoms with Crippen LogP contribution in [0.2, 0.25) is 0 Å². The van der Waals surface area contributed by atoms with Gasteiger partial charge in [-0.05, 0) is 30.4 Å². The van der Waals surface area contributed by atoms with Gasteiger partial charge >= 0.3 is 0 Å². The first-order valence-electron chi connectivity index (χ1n) is 6.73. The van der Waals surface area contributed by atoms with E-state index in [1.54, 1.807) is 31.3 Å². The maximum absolute atomic E-state index is 12.5. The lowest BCUT2D eigenvalue weighted by molar-refractivity contribution is 0.117. The maximum Gasteiger partial charge on any atom is 0.243 e. The van der Waals surface area contributed by atoms with Crippen LogP contribution in [0, 0.1) is 5.92 Å². The van der Waals surface area contributed by atoms with E-state index >= 15 is 0 Å². The highest BCUT2D eigenvalue weighted by molar-refractivity contribution is 7.89. The molecule has 4 nitrogen and oxygen atoms in total. The Bertz CT molecular complexity index is 543. The molecule has 112 valence electrons. The molecule has 0 N–H and O–H groups in total. The molecule has 0 unspecified atom stereocenters. The number of alkyl halides is 1. The topological polar surface area (TPSA) is 46.6 Å². The third-order valence-electron chi connectivity index (χ3n) is 3.41. The average Bonchev–Trinajstić information content (AvgIpc) is 3.27. The summed E-state index contributed by atoms with van der Waals surface area (Å²) < 4.78 is 31.7. The van der Waals surface area contributed by atoms with Crippen molar-refractivity contribution in [3.63, 3.8) is 0 Å². The molecule has 1 aliphatic rings. The number of ether oxygens (including phenoxy) is 1. The smallest absolute Gasteiger partial charge is 0.243 e. The molecule has 0 heterocycles. The number of rotatable bonds is 8. The minimum atomic E-state index is -3.50. The van der Waals surface area contributed by atoms with Crippen LogP contribution >= 0.6 is 11.6 Å². The predicted octanol–water partition coefficient (Wildman–Crippen LogP) is 2.47. The number of benzene rings is 1. The quantitative estimate of drug-likeness (QED) is 0.546. The van der Waals surface area contributed by atoms with E-state index in [0.29, 0.717) is 24.6 Å². The van der Waals surface area contributed by atoms with Crippen molar-refractivity contribution in [3.05, 3.63) is 29.8 Å². The van der Waals surface area contributed by atoms with E-state index in [4.69, 9.17) is 16.3 Å². The highest BCUT2D eigenvalue weighted by Crippen LogP contribution is 2.28. The maximum atomic E-state index is 12.5. The van der Waals surface area contributed by atoms with Gasteiger partial charge in [-0.25, -0.2) is 8.42 Å². The zero-order valence-electron chi connectivity index (χ0n) is 11.6. The molecule has 0 bridgehead atoms. The lowest BCUT2D eigenvalue weighted by Crippen LogP contribution is -2.31. The van der Waals surface area contributed by atoms with E-state index in [2.05, 4.69) is 0 Å². The Kier molecular flexibility index (Phi) is 5.43. The van der Waals surface area contributed by atoms with Crippen molar-refractivity contribution in [2.45, 2.75) is 23.6 Å². The van der Waals surface area contributed by atoms with E-state index in [1.807, 2.05) is 0 Å². The second-order valence-corrected chi connectivity index (χ2v) is 7.37. The SMILES string of the molecule is CN(CCOCC1CC1)S(=O)(=O)c1ccccc1CCl. The van der Waals surface area contributed by atoms with Crippen LogP contribution in [0.4, 0.5) is 0 Å². The number of hydrogen-bond acceptors (Lipinski definition) is 3. The summed E-state index contributed by atoms with van der Waals surface area (Å²) in [6.45, 7) is 1.52. The normalized spacial score (nSPS) is 15.8. The van der Waals surface area contributed by atoms with Crippen LogP contribution in [0.3, 0.4) is 0 Å². The summed E-state index contributed by atoms with van der Waals surface area (Å²) in [6, 6.07) is 6.82. The molecule has 0 amide bonds. The first kappa shape index (κ1) is 15.8. The summed E-state index contributed by atoms with van der Waals surface area (Å²) in [5.74, 6) is 0.871. The van der Waals surface area contributed by atoms with Crippen LogP contribution in [-0.2, 0) is 20.6 Å². The zero-order valence-corrected chi connectivity index (χ0v) is 13.2. The fourth-order valence-electron chi connectivity index (χ4n) is 1.88. The summed E-state index contributed by atoms with van der Waals surface area (Å²) in [5.41, 5.74) is 0.625. The van der Waals surface area contributed by atoms with Crippen molar-refractivity contribution in [2.24, 2.45) is 5.92 Å². The van der Waals surface area contributed by atoms with Crippen molar-refractivity contribution in [1.82, 2.24) is 4.31 Å². The monoisotopic (exact) mass is 317 g/mol. The zero-order chi connectivity index (χ0) is 14.6. The van der Waals surface area contributed by atoms with Crippen molar-refractivity contribution in [2.75, 3.05) is 26.8 Å². The molecule has 0 radical (unpaired) electrons. The molecule has 1 saturated carbocycles. The Morgan fingerprint density at radius 3 is 2.70 bits per heavy atom. The Hall–Kier alpha value is -0.620. The van der Waals surface area contributed by atoms with Gasteiger partial charge in [-0.1, -0.05) is 18.2 Å². The fourth-order valence-corrected chi connectivity index (χ4v) is 3.57. The van der Waals surface area contributed by atoms with Crippen molar-refractivity contribution >= 4 is 21.6 Å². The predicted molar refractivity (Wildman–Crippen MR) is 79.4 cm³/mol. The van der Waals surface area contributed by atoms with Crippen LogP contribution in [0.5, 0.6) is 0 Å². The van der Waals surface area contributed by atoms with Crippen LogP contribution in [0.1, 0.15) is 18.4 Å². The second kappa shape index (κ2) is 6.89. The van der Waals surface area contributed by atoms with Gasteiger partial charge in [-0.3, -0.25) is 0 Å². The van der Waals surface area contributed by atoms with Crippen molar-refractivity contribution in [3.8, 4) is 0 Å². The minimum absolute atomic E-state index is 0.182. The summed E-state index contributed by atoms with van der Waals surface area (Å²) >= 11 is 5.80. The highest BCUT2D eigenvalue weighted by atomic mass is 35.5. The van der Waals surface area contributed by atoms with Crippen LogP contribution in [0.25, 0.3) is 0 Å². The second-order valence-electron chi connectivity index (χ2n) is 5.09. The van der Waals surface area contributed by atoms with Gasteiger partial charge in [0.15, 0.2) is 0 Å². The summed E-state index contributed by atoms with van der Waals surface area (Å²) in [4.78, 5) is 0.277. The lowest BCUT2D eigenvalue weighted by Gasteiger charge is -2.18. The molecule has 0 atom stereocenters. The number of likely N-dealkylation sites (N-methyl/N-ethyl adjacent to an activating group) is 1. The highest BCUT2D eigenvalue weighted by Gasteiger charge is 2.24. The lowest BCUT2D eigenvalue weighted by atomic mass is 10.2. The summed E-state index contributed by atoms with van der Waals surface area (Å²) in [6.07, 6.45) is 2.47. The third-order valence-corrected chi connectivity index (χ3v) is 5.65. The van der Waals surface area contributed by atoms with E-state index in [0.717, 1.165) is 6.61 Å². The van der Waals surface area contributed by atoms with Gasteiger partial charge in [0.25, 0.3) is 0 Å². The first-order valence-corrected chi connectivity index (χ1v) is 8.71. The molecule has 1 aromatic carbocycles. The molecule has 6 heteroatoms. The molecule has 20 heavy (non-hydrogen) atoms. The Balaban J connectivity index is 1.96. The van der Waals surface area contributed by atoms with Gasteiger partial charge in [0.05, 0.1) is 11.5 Å². The third kappa shape index (κ3) is 3.95. The Labute approximate surface area is 125 Å². The van der Waals surface area contributed by atoms with Crippen molar-refractivity contribution < 1.29 is 13.2 Å². The van der Waals surface area contributed by atoms with Crippen molar-refractivity contribution in [1.29, 1.82) is 0 Å². The summed E-state index contributed by atoms with van der Waals surface area (Å²) in [5, 5.41) is 0. The van der Waals surface area contributed by atoms with Gasteiger partial charge in [0.2, 0.25) is 10.0 Å². The average molecular weight is 318 g/mol. The number of sulfonamides is 1. The van der Waals surface area contributed by atoms with Gasteiger partial charge < -0.3 is 4.74 Å². The minimum Gasteiger partial charge on any atom is -0.380 e. The molecular weight excluding hydrogens is 298 g/mol. The van der Waals surface area contributed by atoms with Gasteiger partial charge in [0, 0.05) is 26.1 Å². The van der Waals surface area contributed by atoms with Gasteiger partial charge in [-0.2, -0.15) is 4.31 Å². The Morgan fingerprint density at radius 2 is 2.05 bits per heavy atom. The first-order chi connectivity index (χ1) is 9.55. The van der Waals surface area contributed by atoms with Gasteiger partial charge in [0.1, 0.15) is 0 Å². The molecule has 1 aliphatic carbocycles. The van der Waals surface area contributed by atoms with Crippen LogP contribution in [0.15, 0.2) is 29.2 Å². The standard InChI is InChI=1S/C14H20ClNO3S/c1-16(8-9-19-11-12-6-7-12)20(17,18)14-5-3-2-4-13(14)10-15/h2-5,12H,6-11H2,1H3. The van der Waals surface area contributed by atoms with E-state index in [-0.39, 0.29) is 10.8 Å². The molecular formula is C14H20ClNO3S. The molecule has 0 aliphatic heterocycles. The molecule has 1 aromatic rings. The largest absolute Gasteiger partial charge is 0.380 e.